The van der Waals surface area contributed by atoms with Gasteiger partial charge < -0.3 is 14.8 Å². The molecule has 0 rings (SSSR count). The van der Waals surface area contributed by atoms with Crippen molar-refractivity contribution in [3.05, 3.63) is 0 Å². The van der Waals surface area contributed by atoms with Crippen LogP contribution in [0.15, 0.2) is 0 Å². The molecule has 0 bridgehead atoms. The second kappa shape index (κ2) is 34.2. The van der Waals surface area contributed by atoms with Gasteiger partial charge in [-0.1, -0.05) is 130 Å². The summed E-state index contributed by atoms with van der Waals surface area (Å²) in [4.78, 5) is 25.5. The summed E-state index contributed by atoms with van der Waals surface area (Å²) in [5.41, 5.74) is 0. The van der Waals surface area contributed by atoms with Crippen LogP contribution in [0.2, 0.25) is 0 Å². The van der Waals surface area contributed by atoms with E-state index in [4.69, 9.17) is 9.47 Å². The van der Waals surface area contributed by atoms with Crippen LogP contribution in [0.4, 0.5) is 0 Å². The second-order valence-corrected chi connectivity index (χ2v) is 13.8. The minimum Gasteiger partial charge on any atom is -0.462 e. The molecule has 268 valence electrons. The summed E-state index contributed by atoms with van der Waals surface area (Å²) in [7, 11) is 1.99. The van der Waals surface area contributed by atoms with Gasteiger partial charge in [-0.3, -0.25) is 9.59 Å². The summed E-state index contributed by atoms with van der Waals surface area (Å²) in [6.45, 7) is 8.99. The van der Waals surface area contributed by atoms with Gasteiger partial charge in [0.25, 0.3) is 0 Å². The Morgan fingerprint density at radius 2 is 0.711 bits per heavy atom. The molecule has 0 saturated carbocycles. The number of hydrogen-bond acceptors (Lipinski definition) is 5. The molecule has 0 aromatic heterocycles. The minimum absolute atomic E-state index is 0.0315. The van der Waals surface area contributed by atoms with Gasteiger partial charge in [0.05, 0.1) is 0 Å². The first-order valence-electron chi connectivity index (χ1n) is 20.1. The standard InChI is InChI=1S/C40H79NO4/c1-6-10-14-18-22-30-37(31-23-19-15-11-7-2)44-39(42)34-26-28-36(41-5)29-27-35-40(43)45-38(32-24-20-16-12-8-3)33-25-21-17-13-9-4/h36-38,41H,6-35H2,1-5H3. The van der Waals surface area contributed by atoms with Crippen LogP contribution in [0, 0.1) is 0 Å². The van der Waals surface area contributed by atoms with Crippen molar-refractivity contribution in [2.24, 2.45) is 0 Å². The number of carbonyl (C=O) groups is 2. The maximum atomic E-state index is 12.7. The molecule has 0 aromatic rings. The van der Waals surface area contributed by atoms with E-state index in [1.807, 2.05) is 7.05 Å². The van der Waals surface area contributed by atoms with Crippen molar-refractivity contribution in [1.82, 2.24) is 5.32 Å². The lowest BCUT2D eigenvalue weighted by Gasteiger charge is -2.20. The third kappa shape index (κ3) is 30.0. The fourth-order valence-electron chi connectivity index (χ4n) is 6.33. The summed E-state index contributed by atoms with van der Waals surface area (Å²) in [6.07, 6.45) is 33.7. The Bertz CT molecular complexity index is 560. The zero-order valence-electron chi connectivity index (χ0n) is 31.1. The number of carbonyl (C=O) groups excluding carboxylic acids is 2. The molecule has 0 aliphatic carbocycles. The smallest absolute Gasteiger partial charge is 0.306 e. The molecule has 0 aliphatic rings. The van der Waals surface area contributed by atoms with Crippen molar-refractivity contribution >= 4 is 11.9 Å². The zero-order valence-corrected chi connectivity index (χ0v) is 31.1. The van der Waals surface area contributed by atoms with Crippen LogP contribution in [0.1, 0.15) is 220 Å². The third-order valence-corrected chi connectivity index (χ3v) is 9.39. The monoisotopic (exact) mass is 638 g/mol. The van der Waals surface area contributed by atoms with Crippen LogP contribution in [-0.4, -0.2) is 37.2 Å². The van der Waals surface area contributed by atoms with Gasteiger partial charge in [-0.25, -0.2) is 0 Å². The average Bonchev–Trinajstić information content (AvgIpc) is 3.03. The van der Waals surface area contributed by atoms with E-state index in [1.54, 1.807) is 0 Å². The fraction of sp³-hybridized carbons (Fsp3) is 0.950. The highest BCUT2D eigenvalue weighted by atomic mass is 16.5. The quantitative estimate of drug-likeness (QED) is 0.0553. The van der Waals surface area contributed by atoms with Crippen LogP contribution in [-0.2, 0) is 19.1 Å². The Kier molecular flexibility index (Phi) is 33.4. The molecule has 0 aromatic carbocycles. The lowest BCUT2D eigenvalue weighted by Crippen LogP contribution is -2.26. The van der Waals surface area contributed by atoms with Gasteiger partial charge in [0.2, 0.25) is 0 Å². The zero-order chi connectivity index (χ0) is 33.2. The summed E-state index contributed by atoms with van der Waals surface area (Å²) >= 11 is 0. The molecule has 0 fully saturated rings. The van der Waals surface area contributed by atoms with Crippen LogP contribution < -0.4 is 5.32 Å². The lowest BCUT2D eigenvalue weighted by atomic mass is 10.0. The number of unbranched alkanes of at least 4 members (excludes halogenated alkanes) is 16. The fourth-order valence-corrected chi connectivity index (χ4v) is 6.33. The van der Waals surface area contributed by atoms with Crippen molar-refractivity contribution in [3.63, 3.8) is 0 Å². The summed E-state index contributed by atoms with van der Waals surface area (Å²) in [5, 5.41) is 3.41. The van der Waals surface area contributed by atoms with Crippen molar-refractivity contribution in [2.75, 3.05) is 7.05 Å². The predicted molar refractivity (Wildman–Crippen MR) is 194 cm³/mol. The first kappa shape index (κ1) is 43.9. The number of nitrogens with one attached hydrogen (secondary N) is 1. The van der Waals surface area contributed by atoms with E-state index in [2.05, 4.69) is 33.0 Å². The largest absolute Gasteiger partial charge is 0.462 e. The topological polar surface area (TPSA) is 64.6 Å². The first-order chi connectivity index (χ1) is 22.0. The first-order valence-corrected chi connectivity index (χ1v) is 20.1. The maximum Gasteiger partial charge on any atom is 0.306 e. The second-order valence-electron chi connectivity index (χ2n) is 13.8. The van der Waals surface area contributed by atoms with Gasteiger partial charge in [0.1, 0.15) is 12.2 Å². The molecule has 0 spiro atoms. The number of ether oxygens (including phenoxy) is 2. The van der Waals surface area contributed by atoms with E-state index in [0.717, 1.165) is 77.0 Å². The van der Waals surface area contributed by atoms with Crippen molar-refractivity contribution in [3.8, 4) is 0 Å². The summed E-state index contributed by atoms with van der Waals surface area (Å²) in [6, 6.07) is 0.312. The van der Waals surface area contributed by atoms with Crippen molar-refractivity contribution in [1.29, 1.82) is 0 Å². The minimum atomic E-state index is -0.0315. The van der Waals surface area contributed by atoms with Gasteiger partial charge in [0.15, 0.2) is 0 Å². The Balaban J connectivity index is 4.46. The molecule has 0 atom stereocenters. The normalized spacial score (nSPS) is 11.6. The van der Waals surface area contributed by atoms with Crippen molar-refractivity contribution < 1.29 is 19.1 Å². The van der Waals surface area contributed by atoms with Gasteiger partial charge >= 0.3 is 11.9 Å². The Morgan fingerprint density at radius 3 is 0.978 bits per heavy atom. The van der Waals surface area contributed by atoms with Crippen LogP contribution in [0.5, 0.6) is 0 Å². The predicted octanol–water partition coefficient (Wildman–Crippen LogP) is 12.2. The van der Waals surface area contributed by atoms with E-state index in [-0.39, 0.29) is 24.1 Å². The SMILES string of the molecule is CCCCCCCC(CCCCCCC)OC(=O)CCCC(CCCC(=O)OC(CCCCCCC)CCCCCCC)NC. The maximum absolute atomic E-state index is 12.7. The molecule has 1 N–H and O–H groups in total. The van der Waals surface area contributed by atoms with E-state index in [0.29, 0.717) is 18.9 Å². The summed E-state index contributed by atoms with van der Waals surface area (Å²) < 4.78 is 12.0. The molecule has 0 radical (unpaired) electrons. The molecular weight excluding hydrogens is 558 g/mol. The van der Waals surface area contributed by atoms with E-state index >= 15 is 0 Å². The highest BCUT2D eigenvalue weighted by Gasteiger charge is 2.17. The van der Waals surface area contributed by atoms with E-state index in [1.165, 1.54) is 103 Å². The van der Waals surface area contributed by atoms with Crippen LogP contribution >= 0.6 is 0 Å². The average molecular weight is 638 g/mol. The molecule has 0 amide bonds. The molecule has 0 heterocycles. The van der Waals surface area contributed by atoms with Gasteiger partial charge in [-0.05, 0) is 84.1 Å². The Morgan fingerprint density at radius 1 is 0.422 bits per heavy atom. The Hall–Kier alpha value is -1.10. The molecule has 0 unspecified atom stereocenters. The number of rotatable bonds is 35. The highest BCUT2D eigenvalue weighted by molar-refractivity contribution is 5.69. The van der Waals surface area contributed by atoms with Crippen LogP contribution in [0.3, 0.4) is 0 Å². The lowest BCUT2D eigenvalue weighted by molar-refractivity contribution is -0.150. The van der Waals surface area contributed by atoms with E-state index < -0.39 is 0 Å². The molecule has 5 nitrogen and oxygen atoms in total. The number of esters is 2. The highest BCUT2D eigenvalue weighted by Crippen LogP contribution is 2.20. The van der Waals surface area contributed by atoms with Gasteiger partial charge in [-0.15, -0.1) is 0 Å². The number of hydrogen-bond donors (Lipinski definition) is 1. The Labute approximate surface area is 281 Å². The molecule has 45 heavy (non-hydrogen) atoms. The molecule has 5 heteroatoms. The van der Waals surface area contributed by atoms with Crippen molar-refractivity contribution in [2.45, 2.75) is 239 Å². The van der Waals surface area contributed by atoms with Crippen LogP contribution in [0.25, 0.3) is 0 Å². The van der Waals surface area contributed by atoms with E-state index in [9.17, 15) is 9.59 Å². The van der Waals surface area contributed by atoms with Gasteiger partial charge in [0, 0.05) is 18.9 Å². The van der Waals surface area contributed by atoms with Gasteiger partial charge in [-0.2, -0.15) is 0 Å². The molecular formula is C40H79NO4. The molecule has 0 aliphatic heterocycles. The molecule has 0 saturated heterocycles. The third-order valence-electron chi connectivity index (χ3n) is 9.39. The summed E-state index contributed by atoms with van der Waals surface area (Å²) in [5.74, 6) is -0.0630.